The second kappa shape index (κ2) is 24.8. The number of aliphatic hydroxyl groups is 2. The molecule has 2 aromatic heterocycles. The Morgan fingerprint density at radius 2 is 1.59 bits per heavy atom. The van der Waals surface area contributed by atoms with Crippen LogP contribution in [0.5, 0.6) is 5.75 Å². The molecular formula is C42H66N5O10P. The van der Waals surface area contributed by atoms with Crippen molar-refractivity contribution in [2.24, 2.45) is 0 Å². The van der Waals surface area contributed by atoms with Crippen LogP contribution in [-0.2, 0) is 34.4 Å². The summed E-state index contributed by atoms with van der Waals surface area (Å²) in [6.45, 7) is 3.43. The molecule has 1 aliphatic heterocycles. The molecule has 0 aliphatic carbocycles. The standard InChI is InChI=1S/C42H66N5O10P/c1-4-5-6-7-8-9-10-11-12-13-14-15-16-17-18-19-24-53-28-34(54-27-33-21-20-32(26-43)25-37(33)52-3)29-55-58(50,51)56-30-42(2)40(49)38(48)39(57-42)35-22-23-36-41(44)45-31-46-47(35)36/h20-23,25,31,34,38-40,48-49H,4-19,24,27-30H2,1-3H3,(H,50,51)(H2,44,45,46)/t34-,38+,39+,40+,42-/m1/s1. The minimum absolute atomic E-state index is 0.0598. The molecule has 0 radical (unpaired) electrons. The quantitative estimate of drug-likeness (QED) is 0.0374. The Bertz CT molecular complexity index is 1740. The second-order valence-electron chi connectivity index (χ2n) is 15.5. The molecule has 1 saturated heterocycles. The average Bonchev–Trinajstić information content (AvgIpc) is 3.75. The van der Waals surface area contributed by atoms with E-state index in [0.29, 0.717) is 34.7 Å². The summed E-state index contributed by atoms with van der Waals surface area (Å²) in [5.74, 6) is 0.694. The van der Waals surface area contributed by atoms with Gasteiger partial charge in [0.15, 0.2) is 5.82 Å². The van der Waals surface area contributed by atoms with Crippen molar-refractivity contribution in [1.29, 1.82) is 5.26 Å². The molecular weight excluding hydrogens is 765 g/mol. The fourth-order valence-electron chi connectivity index (χ4n) is 7.18. The molecule has 5 N–H and O–H groups in total. The normalized spacial score (nSPS) is 20.9. The van der Waals surface area contributed by atoms with Crippen molar-refractivity contribution in [1.82, 2.24) is 14.6 Å². The van der Waals surface area contributed by atoms with E-state index in [1.807, 2.05) is 0 Å². The third-order valence-electron chi connectivity index (χ3n) is 10.7. The number of phosphoric acid groups is 1. The molecule has 0 spiro atoms. The Balaban J connectivity index is 1.20. The number of anilines is 1. The molecule has 1 fully saturated rings. The summed E-state index contributed by atoms with van der Waals surface area (Å²) in [6.07, 6.45) is 17.0. The summed E-state index contributed by atoms with van der Waals surface area (Å²) in [7, 11) is -3.23. The van der Waals surface area contributed by atoms with Gasteiger partial charge in [0.1, 0.15) is 47.6 Å². The number of nitrogens with two attached hydrogens (primary N) is 1. The fourth-order valence-corrected chi connectivity index (χ4v) is 8.02. The van der Waals surface area contributed by atoms with Gasteiger partial charge in [-0.3, -0.25) is 9.05 Å². The molecule has 0 saturated carbocycles. The number of ether oxygens (including phenoxy) is 4. The number of benzene rings is 1. The molecule has 3 aromatic rings. The number of aromatic nitrogens is 3. The van der Waals surface area contributed by atoms with E-state index in [4.69, 9.17) is 33.7 Å². The Morgan fingerprint density at radius 1 is 0.948 bits per heavy atom. The van der Waals surface area contributed by atoms with E-state index in [0.717, 1.165) is 19.3 Å². The van der Waals surface area contributed by atoms with Gasteiger partial charge in [0, 0.05) is 12.2 Å². The van der Waals surface area contributed by atoms with E-state index in [-0.39, 0.29) is 25.6 Å². The number of nitriles is 1. The third-order valence-corrected chi connectivity index (χ3v) is 11.7. The summed E-state index contributed by atoms with van der Waals surface area (Å²) in [5, 5.41) is 35.3. The Kier molecular flexibility index (Phi) is 20.3. The van der Waals surface area contributed by atoms with Crippen LogP contribution in [0, 0.1) is 11.3 Å². The van der Waals surface area contributed by atoms with Gasteiger partial charge >= 0.3 is 7.82 Å². The first-order chi connectivity index (χ1) is 28.0. The first kappa shape index (κ1) is 47.5. The van der Waals surface area contributed by atoms with Crippen molar-refractivity contribution in [3.63, 3.8) is 0 Å². The van der Waals surface area contributed by atoms with Crippen molar-refractivity contribution >= 4 is 19.2 Å². The monoisotopic (exact) mass is 831 g/mol. The Hall–Kier alpha value is -3.16. The number of aliphatic hydroxyl groups excluding tert-OH is 2. The maximum Gasteiger partial charge on any atom is 0.472 e. The molecule has 3 heterocycles. The van der Waals surface area contributed by atoms with Crippen molar-refractivity contribution < 1.29 is 47.7 Å². The minimum atomic E-state index is -4.72. The van der Waals surface area contributed by atoms with Gasteiger partial charge < -0.3 is 39.8 Å². The average molecular weight is 832 g/mol. The lowest BCUT2D eigenvalue weighted by Gasteiger charge is -2.28. The lowest BCUT2D eigenvalue weighted by Crippen LogP contribution is -2.44. The summed E-state index contributed by atoms with van der Waals surface area (Å²) >= 11 is 0. The van der Waals surface area contributed by atoms with Crippen LogP contribution in [0.25, 0.3) is 5.52 Å². The Labute approximate surface area is 343 Å². The van der Waals surface area contributed by atoms with Gasteiger partial charge in [-0.1, -0.05) is 109 Å². The van der Waals surface area contributed by atoms with Crippen LogP contribution in [0.4, 0.5) is 5.82 Å². The Morgan fingerprint density at radius 3 is 2.21 bits per heavy atom. The maximum atomic E-state index is 13.1. The number of hydrogen-bond acceptors (Lipinski definition) is 13. The van der Waals surface area contributed by atoms with Gasteiger partial charge in [0.2, 0.25) is 0 Å². The molecule has 324 valence electrons. The zero-order valence-corrected chi connectivity index (χ0v) is 35.5. The highest BCUT2D eigenvalue weighted by molar-refractivity contribution is 7.47. The van der Waals surface area contributed by atoms with Crippen LogP contribution < -0.4 is 10.5 Å². The van der Waals surface area contributed by atoms with Crippen LogP contribution in [0.3, 0.4) is 0 Å². The summed E-state index contributed by atoms with van der Waals surface area (Å²) < 4.78 is 48.8. The number of hydrogen-bond donors (Lipinski definition) is 4. The SMILES string of the molecule is CCCCCCCCCCCCCCCCCCOC[C@H](COP(=O)(O)OC[C@@]1(C)O[C@@H](c2ccc3c(N)ncnn23)[C@H](O)[C@@H]1O)OCc1ccc(C#N)cc1OC. The van der Waals surface area contributed by atoms with Crippen LogP contribution >= 0.6 is 7.82 Å². The van der Waals surface area contributed by atoms with Gasteiger partial charge in [0.05, 0.1) is 50.9 Å². The number of methoxy groups -OCH3 is 1. The number of phosphoric ester groups is 1. The highest BCUT2D eigenvalue weighted by Crippen LogP contribution is 2.47. The topological polar surface area (TPSA) is 213 Å². The fraction of sp³-hybridized carbons (Fsp3) is 0.690. The van der Waals surface area contributed by atoms with E-state index in [1.54, 1.807) is 30.3 Å². The van der Waals surface area contributed by atoms with Crippen molar-refractivity contribution in [2.75, 3.05) is 39.3 Å². The van der Waals surface area contributed by atoms with Crippen LogP contribution in [0.2, 0.25) is 0 Å². The van der Waals surface area contributed by atoms with Crippen molar-refractivity contribution in [3.05, 3.63) is 53.5 Å². The van der Waals surface area contributed by atoms with E-state index >= 15 is 0 Å². The molecule has 1 aliphatic rings. The molecule has 1 aromatic carbocycles. The smallest absolute Gasteiger partial charge is 0.472 e. The first-order valence-electron chi connectivity index (χ1n) is 21.0. The largest absolute Gasteiger partial charge is 0.496 e. The molecule has 16 heteroatoms. The molecule has 58 heavy (non-hydrogen) atoms. The van der Waals surface area contributed by atoms with Crippen molar-refractivity contribution in [3.8, 4) is 11.8 Å². The predicted octanol–water partition coefficient (Wildman–Crippen LogP) is 7.74. The zero-order valence-electron chi connectivity index (χ0n) is 34.6. The highest BCUT2D eigenvalue weighted by atomic mass is 31.2. The highest BCUT2D eigenvalue weighted by Gasteiger charge is 2.53. The van der Waals surface area contributed by atoms with E-state index in [9.17, 15) is 24.9 Å². The number of rotatable bonds is 30. The lowest BCUT2D eigenvalue weighted by molar-refractivity contribution is -0.102. The maximum absolute atomic E-state index is 13.1. The molecule has 6 atom stereocenters. The van der Waals surface area contributed by atoms with Gasteiger partial charge in [-0.25, -0.2) is 14.1 Å². The summed E-state index contributed by atoms with van der Waals surface area (Å²) in [6, 6.07) is 10.4. The van der Waals surface area contributed by atoms with Crippen LogP contribution in [0.15, 0.2) is 36.7 Å². The van der Waals surface area contributed by atoms with E-state index in [2.05, 4.69) is 23.1 Å². The van der Waals surface area contributed by atoms with Gasteiger partial charge in [-0.15, -0.1) is 0 Å². The zero-order chi connectivity index (χ0) is 41.8. The summed E-state index contributed by atoms with van der Waals surface area (Å²) in [5.41, 5.74) is 6.35. The van der Waals surface area contributed by atoms with Crippen LogP contribution in [-0.4, -0.2) is 87.2 Å². The minimum Gasteiger partial charge on any atom is -0.496 e. The molecule has 1 unspecified atom stereocenters. The molecule has 4 rings (SSSR count). The predicted molar refractivity (Wildman–Crippen MR) is 220 cm³/mol. The van der Waals surface area contributed by atoms with Gasteiger partial charge in [0.25, 0.3) is 0 Å². The van der Waals surface area contributed by atoms with E-state index < -0.39 is 44.4 Å². The summed E-state index contributed by atoms with van der Waals surface area (Å²) in [4.78, 5) is 14.7. The number of nitrogens with zero attached hydrogens (tertiary/aromatic N) is 4. The van der Waals surface area contributed by atoms with Crippen LogP contribution in [0.1, 0.15) is 140 Å². The number of fused-ring (bicyclic) bond motifs is 1. The van der Waals surface area contributed by atoms with Crippen molar-refractivity contribution in [2.45, 2.75) is 153 Å². The number of unbranched alkanes of at least 4 members (excludes halogenated alkanes) is 15. The molecule has 0 amide bonds. The van der Waals surface area contributed by atoms with Gasteiger partial charge in [-0.05, 0) is 37.6 Å². The van der Waals surface area contributed by atoms with Gasteiger partial charge in [-0.2, -0.15) is 10.4 Å². The molecule has 15 nitrogen and oxygen atoms in total. The second-order valence-corrected chi connectivity index (χ2v) is 16.9. The first-order valence-corrected chi connectivity index (χ1v) is 22.5. The molecule has 0 bridgehead atoms. The lowest BCUT2D eigenvalue weighted by atomic mass is 9.97. The third kappa shape index (κ3) is 14.8. The number of nitrogen functional groups attached to an aromatic ring is 1. The van der Waals surface area contributed by atoms with E-state index in [1.165, 1.54) is 108 Å².